The molecule has 0 atom stereocenters. The highest BCUT2D eigenvalue weighted by molar-refractivity contribution is 8.00. The Labute approximate surface area is 224 Å². The zero-order chi connectivity index (χ0) is 26.1. The average molecular weight is 533 g/mol. The van der Waals surface area contributed by atoms with Gasteiger partial charge < -0.3 is 15.2 Å². The van der Waals surface area contributed by atoms with Gasteiger partial charge in [-0.15, -0.1) is 0 Å². The van der Waals surface area contributed by atoms with Crippen LogP contribution in [0.4, 0.5) is 5.69 Å². The van der Waals surface area contributed by atoms with Crippen LogP contribution < -0.4 is 10.1 Å². The fraction of sp³-hybridized carbons (Fsp3) is 0.214. The molecule has 0 aliphatic carbocycles. The molecular formula is C28H25ClN4O3S. The third kappa shape index (κ3) is 5.32. The van der Waals surface area contributed by atoms with E-state index in [1.54, 1.807) is 18.3 Å². The number of aryl methyl sites for hydroxylation is 3. The van der Waals surface area contributed by atoms with Gasteiger partial charge in [0.25, 0.3) is 0 Å². The van der Waals surface area contributed by atoms with Crippen molar-refractivity contribution in [2.24, 2.45) is 0 Å². The van der Waals surface area contributed by atoms with Gasteiger partial charge in [0.1, 0.15) is 5.03 Å². The van der Waals surface area contributed by atoms with Crippen LogP contribution in [0.25, 0.3) is 11.4 Å². The summed E-state index contributed by atoms with van der Waals surface area (Å²) in [7, 11) is 0. The van der Waals surface area contributed by atoms with Crippen LogP contribution >= 0.6 is 23.4 Å². The highest BCUT2D eigenvalue weighted by Crippen LogP contribution is 2.42. The molecule has 0 bridgehead atoms. The van der Waals surface area contributed by atoms with Crippen molar-refractivity contribution in [3.63, 3.8) is 0 Å². The third-order valence-electron chi connectivity index (χ3n) is 6.27. The summed E-state index contributed by atoms with van der Waals surface area (Å²) in [5, 5.41) is 14.0. The molecule has 37 heavy (non-hydrogen) atoms. The largest absolute Gasteiger partial charge is 0.436 e. The average Bonchev–Trinajstić information content (AvgIpc) is 2.89. The lowest BCUT2D eigenvalue weighted by Crippen LogP contribution is -2.16. The first kappa shape index (κ1) is 25.2. The Hall–Kier alpha value is -3.46. The van der Waals surface area contributed by atoms with E-state index in [0.717, 1.165) is 27.9 Å². The van der Waals surface area contributed by atoms with Crippen molar-refractivity contribution in [1.82, 2.24) is 15.0 Å². The molecule has 7 nitrogen and oxygen atoms in total. The second-order valence-corrected chi connectivity index (χ2v) is 10.3. The van der Waals surface area contributed by atoms with Gasteiger partial charge in [-0.3, -0.25) is 9.78 Å². The molecule has 1 aliphatic rings. The van der Waals surface area contributed by atoms with Gasteiger partial charge in [-0.05, 0) is 56.2 Å². The van der Waals surface area contributed by atoms with E-state index in [1.165, 1.54) is 17.3 Å². The summed E-state index contributed by atoms with van der Waals surface area (Å²) in [6.45, 7) is 5.75. The molecule has 0 unspecified atom stereocenters. The van der Waals surface area contributed by atoms with Gasteiger partial charge in [-0.2, -0.15) is 4.98 Å². The number of thioether (sulfide) groups is 1. The van der Waals surface area contributed by atoms with E-state index >= 15 is 0 Å². The number of nitrogens with zero attached hydrogens (tertiary/aromatic N) is 3. The number of anilines is 1. The zero-order valence-electron chi connectivity index (χ0n) is 20.6. The normalized spacial score (nSPS) is 11.9. The quantitative estimate of drug-likeness (QED) is 0.203. The van der Waals surface area contributed by atoms with Crippen LogP contribution in [0.1, 0.15) is 33.5 Å². The van der Waals surface area contributed by atoms with Gasteiger partial charge in [0.2, 0.25) is 11.8 Å². The predicted molar refractivity (Wildman–Crippen MR) is 146 cm³/mol. The maximum Gasteiger partial charge on any atom is 0.234 e. The monoisotopic (exact) mass is 532 g/mol. The van der Waals surface area contributed by atoms with E-state index in [4.69, 9.17) is 26.3 Å². The van der Waals surface area contributed by atoms with E-state index in [2.05, 4.69) is 10.3 Å². The second-order valence-electron chi connectivity index (χ2n) is 8.90. The number of benzene rings is 2. The van der Waals surface area contributed by atoms with Crippen molar-refractivity contribution in [1.29, 1.82) is 0 Å². The molecule has 0 saturated heterocycles. The van der Waals surface area contributed by atoms with Gasteiger partial charge in [0.05, 0.1) is 23.6 Å². The maximum absolute atomic E-state index is 12.8. The Balaban J connectivity index is 1.48. The van der Waals surface area contributed by atoms with Gasteiger partial charge in [-0.25, -0.2) is 4.98 Å². The van der Waals surface area contributed by atoms with Gasteiger partial charge in [0, 0.05) is 40.0 Å². The molecule has 2 aromatic heterocycles. The Kier molecular flexibility index (Phi) is 7.15. The molecule has 0 saturated carbocycles. The van der Waals surface area contributed by atoms with E-state index in [9.17, 15) is 9.90 Å². The number of carbonyl (C=O) groups excluding carboxylic acids is 1. The van der Waals surface area contributed by atoms with E-state index in [0.29, 0.717) is 45.2 Å². The Morgan fingerprint density at radius 3 is 2.70 bits per heavy atom. The number of aromatic nitrogens is 3. The number of carbonyl (C=O) groups is 1. The molecule has 5 rings (SSSR count). The first-order chi connectivity index (χ1) is 17.8. The standard InChI is InChI=1S/C28H25ClN4O3S/c1-15-7-8-21(9-16(15)2)31-24(35)14-37-28-23-11-22-19(13-34)12-30-17(3)25(22)36-27(23)32-26(33-28)18-5-4-6-20(29)10-18/h4-10,12,34H,11,13-14H2,1-3H3,(H,31,35). The summed E-state index contributed by atoms with van der Waals surface area (Å²) in [5.41, 5.74) is 6.79. The molecule has 3 heterocycles. The van der Waals surface area contributed by atoms with Crippen molar-refractivity contribution in [2.45, 2.75) is 38.8 Å². The van der Waals surface area contributed by atoms with E-state index in [-0.39, 0.29) is 18.3 Å². The van der Waals surface area contributed by atoms with Crippen LogP contribution in [0.2, 0.25) is 5.02 Å². The lowest BCUT2D eigenvalue weighted by Gasteiger charge is -2.24. The summed E-state index contributed by atoms with van der Waals surface area (Å²) in [4.78, 5) is 26.7. The van der Waals surface area contributed by atoms with Crippen LogP contribution in [0.3, 0.4) is 0 Å². The molecule has 2 N–H and O–H groups in total. The van der Waals surface area contributed by atoms with E-state index in [1.807, 2.05) is 51.1 Å². The fourth-order valence-corrected chi connectivity index (χ4v) is 5.14. The number of aliphatic hydroxyl groups excluding tert-OH is 1. The van der Waals surface area contributed by atoms with E-state index < -0.39 is 0 Å². The van der Waals surface area contributed by atoms with Crippen molar-refractivity contribution in [3.05, 3.63) is 87.2 Å². The van der Waals surface area contributed by atoms with Crippen molar-refractivity contribution in [3.8, 4) is 23.0 Å². The van der Waals surface area contributed by atoms with Crippen molar-refractivity contribution >= 4 is 35.0 Å². The summed E-state index contributed by atoms with van der Waals surface area (Å²) in [5.74, 6) is 1.47. The number of halogens is 1. The van der Waals surface area contributed by atoms with Crippen LogP contribution in [-0.2, 0) is 17.8 Å². The van der Waals surface area contributed by atoms with Gasteiger partial charge in [0.15, 0.2) is 11.6 Å². The molecule has 2 aromatic carbocycles. The van der Waals surface area contributed by atoms with Crippen molar-refractivity contribution in [2.75, 3.05) is 11.1 Å². The highest BCUT2D eigenvalue weighted by atomic mass is 35.5. The minimum atomic E-state index is -0.156. The number of aliphatic hydroxyl groups is 1. The molecule has 0 radical (unpaired) electrons. The van der Waals surface area contributed by atoms with Crippen LogP contribution in [-0.4, -0.2) is 31.7 Å². The summed E-state index contributed by atoms with van der Waals surface area (Å²) in [6, 6.07) is 13.1. The third-order valence-corrected chi connectivity index (χ3v) is 7.52. The molecule has 188 valence electrons. The Morgan fingerprint density at radius 2 is 1.95 bits per heavy atom. The van der Waals surface area contributed by atoms with Crippen LogP contribution in [0.5, 0.6) is 11.6 Å². The van der Waals surface area contributed by atoms with Gasteiger partial charge >= 0.3 is 0 Å². The number of hydrogen-bond donors (Lipinski definition) is 2. The molecule has 1 aliphatic heterocycles. The van der Waals surface area contributed by atoms with Crippen molar-refractivity contribution < 1.29 is 14.6 Å². The fourth-order valence-electron chi connectivity index (χ4n) is 4.12. The number of nitrogens with one attached hydrogen (secondary N) is 1. The van der Waals surface area contributed by atoms with Gasteiger partial charge in [-0.1, -0.05) is 41.6 Å². The lowest BCUT2D eigenvalue weighted by atomic mass is 9.99. The lowest BCUT2D eigenvalue weighted by molar-refractivity contribution is -0.113. The maximum atomic E-state index is 12.8. The molecule has 4 aromatic rings. The minimum absolute atomic E-state index is 0.141. The number of hydrogen-bond acceptors (Lipinski definition) is 7. The zero-order valence-corrected chi connectivity index (χ0v) is 22.2. The smallest absolute Gasteiger partial charge is 0.234 e. The Morgan fingerprint density at radius 1 is 1.11 bits per heavy atom. The molecule has 1 amide bonds. The first-order valence-electron chi connectivity index (χ1n) is 11.7. The topological polar surface area (TPSA) is 97.2 Å². The SMILES string of the molecule is Cc1ccc(NC(=O)CSc2nc(-c3cccc(Cl)c3)nc3c2Cc2c(CO)cnc(C)c2O3)cc1C. The van der Waals surface area contributed by atoms with Crippen LogP contribution in [0, 0.1) is 20.8 Å². The summed E-state index contributed by atoms with van der Waals surface area (Å²) >= 11 is 7.54. The number of ether oxygens (including phenoxy) is 1. The summed E-state index contributed by atoms with van der Waals surface area (Å²) < 4.78 is 6.24. The molecule has 0 spiro atoms. The number of amides is 1. The second kappa shape index (κ2) is 10.5. The number of fused-ring (bicyclic) bond motifs is 2. The molecule has 0 fully saturated rings. The minimum Gasteiger partial charge on any atom is -0.436 e. The molecular weight excluding hydrogens is 508 g/mol. The summed E-state index contributed by atoms with van der Waals surface area (Å²) in [6.07, 6.45) is 2.12. The number of pyridine rings is 1. The predicted octanol–water partition coefficient (Wildman–Crippen LogP) is 6.04. The van der Waals surface area contributed by atoms with Crippen LogP contribution in [0.15, 0.2) is 53.7 Å². The number of rotatable bonds is 6. The Bertz CT molecular complexity index is 1530. The first-order valence-corrected chi connectivity index (χ1v) is 13.1. The highest BCUT2D eigenvalue weighted by Gasteiger charge is 2.28. The molecule has 9 heteroatoms.